The maximum absolute atomic E-state index is 11.6. The molecule has 0 heterocycles. The largest absolute Gasteiger partial charge is 0.394 e. The van der Waals surface area contributed by atoms with Crippen molar-refractivity contribution in [3.05, 3.63) is 0 Å². The highest BCUT2D eigenvalue weighted by molar-refractivity contribution is 5.76. The molecule has 2 aliphatic carbocycles. The van der Waals surface area contributed by atoms with Gasteiger partial charge in [0.25, 0.3) is 0 Å². The maximum atomic E-state index is 11.6. The zero-order valence-electron chi connectivity index (χ0n) is 9.41. The van der Waals surface area contributed by atoms with Gasteiger partial charge in [0.2, 0.25) is 5.91 Å². The fraction of sp³-hybridized carbons (Fsp3) is 0.917. The molecule has 0 saturated heterocycles. The number of aliphatic hydroxyl groups excluding tert-OH is 1. The van der Waals surface area contributed by atoms with Gasteiger partial charge in [-0.25, -0.2) is 0 Å². The van der Waals surface area contributed by atoms with E-state index in [2.05, 4.69) is 5.32 Å². The SMILES string of the molecule is CC(CO)NC(=O)CC1CC2CCC1C2. The number of carbonyl (C=O) groups excluding carboxylic acids is 1. The van der Waals surface area contributed by atoms with Gasteiger partial charge in [0, 0.05) is 12.5 Å². The van der Waals surface area contributed by atoms with E-state index in [0.717, 1.165) is 11.8 Å². The van der Waals surface area contributed by atoms with Gasteiger partial charge in [0.1, 0.15) is 0 Å². The van der Waals surface area contributed by atoms with Gasteiger partial charge >= 0.3 is 0 Å². The first-order valence-electron chi connectivity index (χ1n) is 6.09. The van der Waals surface area contributed by atoms with E-state index in [-0.39, 0.29) is 18.6 Å². The lowest BCUT2D eigenvalue weighted by molar-refractivity contribution is -0.123. The molecule has 86 valence electrons. The van der Waals surface area contributed by atoms with Gasteiger partial charge in [-0.15, -0.1) is 0 Å². The number of amides is 1. The Labute approximate surface area is 91.2 Å². The average molecular weight is 211 g/mol. The predicted molar refractivity (Wildman–Crippen MR) is 58.2 cm³/mol. The van der Waals surface area contributed by atoms with Gasteiger partial charge in [-0.2, -0.15) is 0 Å². The molecule has 4 unspecified atom stereocenters. The molecular formula is C12H21NO2. The van der Waals surface area contributed by atoms with E-state index in [4.69, 9.17) is 5.11 Å². The normalized spacial score (nSPS) is 35.5. The van der Waals surface area contributed by atoms with E-state index in [1.807, 2.05) is 6.92 Å². The average Bonchev–Trinajstić information content (AvgIpc) is 2.78. The predicted octanol–water partition coefficient (Wildman–Crippen LogP) is 1.31. The van der Waals surface area contributed by atoms with Crippen LogP contribution in [0.15, 0.2) is 0 Å². The number of aliphatic hydroxyl groups is 1. The van der Waals surface area contributed by atoms with Crippen LogP contribution in [0.25, 0.3) is 0 Å². The van der Waals surface area contributed by atoms with Crippen molar-refractivity contribution in [2.45, 2.75) is 45.1 Å². The summed E-state index contributed by atoms with van der Waals surface area (Å²) in [6, 6.07) is -0.101. The molecule has 2 aliphatic rings. The first-order valence-corrected chi connectivity index (χ1v) is 6.09. The number of rotatable bonds is 4. The summed E-state index contributed by atoms with van der Waals surface area (Å²) in [5.74, 6) is 2.46. The lowest BCUT2D eigenvalue weighted by atomic mass is 9.86. The van der Waals surface area contributed by atoms with Crippen LogP contribution in [0.2, 0.25) is 0 Å². The van der Waals surface area contributed by atoms with Crippen LogP contribution in [-0.2, 0) is 4.79 Å². The molecule has 3 nitrogen and oxygen atoms in total. The third-order valence-electron chi connectivity index (χ3n) is 4.01. The number of hydrogen-bond donors (Lipinski definition) is 2. The first kappa shape index (κ1) is 10.9. The molecule has 0 radical (unpaired) electrons. The standard InChI is InChI=1S/C12H21NO2/c1-8(7-14)13-12(15)6-11-5-9-2-3-10(11)4-9/h8-11,14H,2-7H2,1H3,(H,13,15). The molecular weight excluding hydrogens is 190 g/mol. The minimum atomic E-state index is -0.101. The van der Waals surface area contributed by atoms with Crippen LogP contribution >= 0.6 is 0 Å². The second-order valence-corrected chi connectivity index (χ2v) is 5.29. The van der Waals surface area contributed by atoms with Gasteiger partial charge in [-0.3, -0.25) is 4.79 Å². The third-order valence-corrected chi connectivity index (χ3v) is 4.01. The van der Waals surface area contributed by atoms with E-state index in [1.165, 1.54) is 25.7 Å². The van der Waals surface area contributed by atoms with Crippen LogP contribution in [0.5, 0.6) is 0 Å². The van der Waals surface area contributed by atoms with E-state index in [9.17, 15) is 4.79 Å². The smallest absolute Gasteiger partial charge is 0.220 e. The van der Waals surface area contributed by atoms with Crippen molar-refractivity contribution in [2.75, 3.05) is 6.61 Å². The summed E-state index contributed by atoms with van der Waals surface area (Å²) < 4.78 is 0. The molecule has 0 aromatic rings. The monoisotopic (exact) mass is 211 g/mol. The maximum Gasteiger partial charge on any atom is 0.220 e. The highest BCUT2D eigenvalue weighted by Crippen LogP contribution is 2.49. The molecule has 0 aromatic carbocycles. The number of carbonyl (C=O) groups is 1. The van der Waals surface area contributed by atoms with Crippen LogP contribution in [0.4, 0.5) is 0 Å². The summed E-state index contributed by atoms with van der Waals surface area (Å²) in [6.07, 6.45) is 6.00. The molecule has 3 heteroatoms. The van der Waals surface area contributed by atoms with Gasteiger partial charge < -0.3 is 10.4 Å². The van der Waals surface area contributed by atoms with Crippen LogP contribution in [0.1, 0.15) is 39.0 Å². The van der Waals surface area contributed by atoms with E-state index in [0.29, 0.717) is 12.3 Å². The fourth-order valence-corrected chi connectivity index (χ4v) is 3.24. The van der Waals surface area contributed by atoms with Crippen LogP contribution in [0, 0.1) is 17.8 Å². The highest BCUT2D eigenvalue weighted by atomic mass is 16.3. The first-order chi connectivity index (χ1) is 7.19. The highest BCUT2D eigenvalue weighted by Gasteiger charge is 2.40. The molecule has 0 spiro atoms. The molecule has 2 saturated carbocycles. The molecule has 0 aromatic heterocycles. The Morgan fingerprint density at radius 2 is 2.27 bits per heavy atom. The Hall–Kier alpha value is -0.570. The Morgan fingerprint density at radius 3 is 2.80 bits per heavy atom. The second-order valence-electron chi connectivity index (χ2n) is 5.29. The summed E-state index contributed by atoms with van der Waals surface area (Å²) in [7, 11) is 0. The molecule has 2 rings (SSSR count). The summed E-state index contributed by atoms with van der Waals surface area (Å²) >= 11 is 0. The van der Waals surface area contributed by atoms with Crippen molar-refractivity contribution >= 4 is 5.91 Å². The van der Waals surface area contributed by atoms with Crippen molar-refractivity contribution in [1.29, 1.82) is 0 Å². The zero-order chi connectivity index (χ0) is 10.8. The number of fused-ring (bicyclic) bond motifs is 2. The number of hydrogen-bond acceptors (Lipinski definition) is 2. The van der Waals surface area contributed by atoms with E-state index < -0.39 is 0 Å². The van der Waals surface area contributed by atoms with E-state index >= 15 is 0 Å². The molecule has 4 atom stereocenters. The quantitative estimate of drug-likeness (QED) is 0.736. The molecule has 15 heavy (non-hydrogen) atoms. The van der Waals surface area contributed by atoms with Crippen LogP contribution in [0.3, 0.4) is 0 Å². The zero-order valence-corrected chi connectivity index (χ0v) is 9.41. The Kier molecular flexibility index (Phi) is 3.29. The summed E-state index contributed by atoms with van der Waals surface area (Å²) in [5.41, 5.74) is 0. The van der Waals surface area contributed by atoms with Crippen LogP contribution in [-0.4, -0.2) is 23.7 Å². The molecule has 1 amide bonds. The lowest BCUT2D eigenvalue weighted by Crippen LogP contribution is -2.36. The van der Waals surface area contributed by atoms with Crippen molar-refractivity contribution in [1.82, 2.24) is 5.32 Å². The Morgan fingerprint density at radius 1 is 1.47 bits per heavy atom. The second kappa shape index (κ2) is 4.52. The Bertz CT molecular complexity index is 242. The van der Waals surface area contributed by atoms with Crippen molar-refractivity contribution < 1.29 is 9.90 Å². The van der Waals surface area contributed by atoms with Crippen molar-refractivity contribution in [2.24, 2.45) is 17.8 Å². The van der Waals surface area contributed by atoms with Gasteiger partial charge in [-0.1, -0.05) is 6.42 Å². The molecule has 2 N–H and O–H groups in total. The summed E-state index contributed by atoms with van der Waals surface area (Å²) in [4.78, 5) is 11.6. The van der Waals surface area contributed by atoms with Crippen molar-refractivity contribution in [3.63, 3.8) is 0 Å². The topological polar surface area (TPSA) is 49.3 Å². The van der Waals surface area contributed by atoms with Crippen LogP contribution < -0.4 is 5.32 Å². The fourth-order valence-electron chi connectivity index (χ4n) is 3.24. The Balaban J connectivity index is 1.75. The lowest BCUT2D eigenvalue weighted by Gasteiger charge is -2.21. The summed E-state index contributed by atoms with van der Waals surface area (Å²) in [6.45, 7) is 1.86. The minimum Gasteiger partial charge on any atom is -0.394 e. The van der Waals surface area contributed by atoms with Gasteiger partial charge in [0.15, 0.2) is 0 Å². The number of nitrogens with one attached hydrogen (secondary N) is 1. The van der Waals surface area contributed by atoms with Gasteiger partial charge in [0.05, 0.1) is 6.61 Å². The molecule has 2 bridgehead atoms. The van der Waals surface area contributed by atoms with Crippen molar-refractivity contribution in [3.8, 4) is 0 Å². The van der Waals surface area contributed by atoms with Gasteiger partial charge in [-0.05, 0) is 43.9 Å². The molecule has 0 aliphatic heterocycles. The summed E-state index contributed by atoms with van der Waals surface area (Å²) in [5, 5.41) is 11.7. The van der Waals surface area contributed by atoms with E-state index in [1.54, 1.807) is 0 Å². The molecule has 2 fully saturated rings. The third kappa shape index (κ3) is 2.51. The minimum absolute atomic E-state index is 0.0302.